The van der Waals surface area contributed by atoms with Gasteiger partial charge in [-0.3, -0.25) is 0 Å². The van der Waals surface area contributed by atoms with E-state index in [1.165, 1.54) is 12.4 Å². The number of aromatic nitrogens is 2. The van der Waals surface area contributed by atoms with Gasteiger partial charge in [0.25, 0.3) is 0 Å². The maximum absolute atomic E-state index is 13.8. The van der Waals surface area contributed by atoms with Crippen molar-refractivity contribution in [2.45, 2.75) is 13.8 Å². The number of hydrogen-bond donors (Lipinski definition) is 2. The Bertz CT molecular complexity index is 569. The first-order valence-corrected chi connectivity index (χ1v) is 6.69. The normalized spacial score (nSPS) is 10.3. The first-order chi connectivity index (χ1) is 9.13. The molecule has 2 rings (SSSR count). The molecule has 0 bridgehead atoms. The molecule has 0 atom stereocenters. The average molecular weight is 325 g/mol. The van der Waals surface area contributed by atoms with Gasteiger partial charge >= 0.3 is 0 Å². The second-order valence-corrected chi connectivity index (χ2v) is 4.80. The summed E-state index contributed by atoms with van der Waals surface area (Å²) in [4.78, 5) is 8.30. The molecule has 0 unspecified atom stereocenters. The molecule has 0 saturated heterocycles. The zero-order valence-corrected chi connectivity index (χ0v) is 12.3. The van der Waals surface area contributed by atoms with E-state index in [-0.39, 0.29) is 5.82 Å². The minimum Gasteiger partial charge on any atom is -0.370 e. The van der Waals surface area contributed by atoms with Crippen LogP contribution < -0.4 is 10.6 Å². The van der Waals surface area contributed by atoms with Crippen LogP contribution in [-0.4, -0.2) is 16.5 Å². The summed E-state index contributed by atoms with van der Waals surface area (Å²) in [6.07, 6.45) is 1.45. The van der Waals surface area contributed by atoms with Gasteiger partial charge in [-0.05, 0) is 41.9 Å². The van der Waals surface area contributed by atoms with Crippen LogP contribution in [0.15, 0.2) is 29.0 Å². The number of rotatable bonds is 4. The molecule has 0 aliphatic carbocycles. The summed E-state index contributed by atoms with van der Waals surface area (Å²) < 4.78 is 14.4. The van der Waals surface area contributed by atoms with Crippen LogP contribution in [0.5, 0.6) is 0 Å². The van der Waals surface area contributed by atoms with Crippen LogP contribution in [-0.2, 0) is 0 Å². The third kappa shape index (κ3) is 3.01. The van der Waals surface area contributed by atoms with Crippen molar-refractivity contribution >= 4 is 33.3 Å². The SMILES string of the molecule is CCNc1ncnc(Nc2c(F)cccc2Br)c1C. The largest absolute Gasteiger partial charge is 0.370 e. The summed E-state index contributed by atoms with van der Waals surface area (Å²) in [7, 11) is 0. The molecule has 0 fully saturated rings. The lowest BCUT2D eigenvalue weighted by atomic mass is 10.2. The molecule has 0 radical (unpaired) electrons. The summed E-state index contributed by atoms with van der Waals surface area (Å²) >= 11 is 3.32. The summed E-state index contributed by atoms with van der Waals surface area (Å²) in [5.41, 5.74) is 1.21. The molecule has 4 nitrogen and oxygen atoms in total. The van der Waals surface area contributed by atoms with Gasteiger partial charge in [0.1, 0.15) is 23.8 Å². The van der Waals surface area contributed by atoms with Gasteiger partial charge in [0.15, 0.2) is 0 Å². The van der Waals surface area contributed by atoms with Gasteiger partial charge in [-0.2, -0.15) is 0 Å². The van der Waals surface area contributed by atoms with Crippen LogP contribution >= 0.6 is 15.9 Å². The van der Waals surface area contributed by atoms with E-state index >= 15 is 0 Å². The smallest absolute Gasteiger partial charge is 0.147 e. The topological polar surface area (TPSA) is 49.8 Å². The number of para-hydroxylation sites is 1. The van der Waals surface area contributed by atoms with Crippen LogP contribution in [0.4, 0.5) is 21.7 Å². The highest BCUT2D eigenvalue weighted by molar-refractivity contribution is 9.10. The van der Waals surface area contributed by atoms with Gasteiger partial charge in [-0.15, -0.1) is 0 Å². The van der Waals surface area contributed by atoms with E-state index in [1.54, 1.807) is 12.1 Å². The fraction of sp³-hybridized carbons (Fsp3) is 0.231. The Kier molecular flexibility index (Phi) is 4.31. The zero-order chi connectivity index (χ0) is 13.8. The van der Waals surface area contributed by atoms with Crippen molar-refractivity contribution < 1.29 is 4.39 Å². The van der Waals surface area contributed by atoms with E-state index in [1.807, 2.05) is 13.8 Å². The van der Waals surface area contributed by atoms with E-state index in [0.717, 1.165) is 17.9 Å². The summed E-state index contributed by atoms with van der Waals surface area (Å²) in [5, 5.41) is 6.13. The zero-order valence-electron chi connectivity index (χ0n) is 10.7. The number of nitrogens with zero attached hydrogens (tertiary/aromatic N) is 2. The van der Waals surface area contributed by atoms with E-state index in [2.05, 4.69) is 36.5 Å². The fourth-order valence-electron chi connectivity index (χ4n) is 1.66. The van der Waals surface area contributed by atoms with Gasteiger partial charge in [-0.1, -0.05) is 6.07 Å². The van der Waals surface area contributed by atoms with Crippen LogP contribution in [0, 0.1) is 12.7 Å². The van der Waals surface area contributed by atoms with Crippen molar-refractivity contribution in [2.75, 3.05) is 17.2 Å². The molecule has 100 valence electrons. The molecule has 0 aliphatic heterocycles. The molecule has 0 aliphatic rings. The molecule has 19 heavy (non-hydrogen) atoms. The standard InChI is InChI=1S/C13H14BrFN4/c1-3-16-12-8(2)13(18-7-17-12)19-11-9(14)5-4-6-10(11)15/h4-7H,3H2,1-2H3,(H2,16,17,18,19). The third-order valence-corrected chi connectivity index (χ3v) is 3.30. The van der Waals surface area contributed by atoms with Crippen molar-refractivity contribution in [2.24, 2.45) is 0 Å². The third-order valence-electron chi connectivity index (χ3n) is 2.63. The first kappa shape index (κ1) is 13.7. The highest BCUT2D eigenvalue weighted by Crippen LogP contribution is 2.29. The van der Waals surface area contributed by atoms with Crippen molar-refractivity contribution in [3.05, 3.63) is 40.4 Å². The minimum atomic E-state index is -0.336. The molecule has 0 amide bonds. The quantitative estimate of drug-likeness (QED) is 0.896. The Morgan fingerprint density at radius 2 is 2.00 bits per heavy atom. The van der Waals surface area contributed by atoms with Crippen LogP contribution in [0.1, 0.15) is 12.5 Å². The second kappa shape index (κ2) is 5.97. The summed E-state index contributed by atoms with van der Waals surface area (Å²) in [5.74, 6) is 0.988. The molecule has 2 N–H and O–H groups in total. The number of anilines is 3. The highest BCUT2D eigenvalue weighted by atomic mass is 79.9. The van der Waals surface area contributed by atoms with E-state index in [9.17, 15) is 4.39 Å². The summed E-state index contributed by atoms with van der Waals surface area (Å²) in [6.45, 7) is 4.64. The van der Waals surface area contributed by atoms with Gasteiger partial charge in [0.05, 0.1) is 5.69 Å². The van der Waals surface area contributed by atoms with Crippen molar-refractivity contribution in [3.8, 4) is 0 Å². The Hall–Kier alpha value is -1.69. The Morgan fingerprint density at radius 3 is 2.68 bits per heavy atom. The predicted octanol–water partition coefficient (Wildman–Crippen LogP) is 3.86. The number of nitrogens with one attached hydrogen (secondary N) is 2. The van der Waals surface area contributed by atoms with Gasteiger partial charge < -0.3 is 10.6 Å². The molecule has 0 spiro atoms. The van der Waals surface area contributed by atoms with Gasteiger partial charge in [-0.25, -0.2) is 14.4 Å². The predicted molar refractivity (Wildman–Crippen MR) is 78.3 cm³/mol. The maximum Gasteiger partial charge on any atom is 0.147 e. The molecular formula is C13H14BrFN4. The first-order valence-electron chi connectivity index (χ1n) is 5.90. The molecule has 1 aromatic carbocycles. The van der Waals surface area contributed by atoms with Crippen LogP contribution in [0.2, 0.25) is 0 Å². The maximum atomic E-state index is 13.8. The lowest BCUT2D eigenvalue weighted by molar-refractivity contribution is 0.631. The number of halogens is 2. The van der Waals surface area contributed by atoms with Crippen LogP contribution in [0.25, 0.3) is 0 Å². The van der Waals surface area contributed by atoms with Crippen molar-refractivity contribution in [1.29, 1.82) is 0 Å². The van der Waals surface area contributed by atoms with E-state index in [4.69, 9.17) is 0 Å². The second-order valence-electron chi connectivity index (χ2n) is 3.95. The molecule has 2 aromatic rings. The number of hydrogen-bond acceptors (Lipinski definition) is 4. The summed E-state index contributed by atoms with van der Waals surface area (Å²) in [6, 6.07) is 4.81. The average Bonchev–Trinajstić information content (AvgIpc) is 2.38. The van der Waals surface area contributed by atoms with Gasteiger partial charge in [0.2, 0.25) is 0 Å². The lowest BCUT2D eigenvalue weighted by Crippen LogP contribution is -2.06. The van der Waals surface area contributed by atoms with E-state index < -0.39 is 0 Å². The molecule has 1 heterocycles. The minimum absolute atomic E-state index is 0.336. The van der Waals surface area contributed by atoms with Crippen molar-refractivity contribution in [1.82, 2.24) is 9.97 Å². The monoisotopic (exact) mass is 324 g/mol. The van der Waals surface area contributed by atoms with Crippen molar-refractivity contribution in [3.63, 3.8) is 0 Å². The Morgan fingerprint density at radius 1 is 1.26 bits per heavy atom. The highest BCUT2D eigenvalue weighted by Gasteiger charge is 2.11. The molecule has 0 saturated carbocycles. The lowest BCUT2D eigenvalue weighted by Gasteiger charge is -2.13. The molecule has 6 heteroatoms. The molecule has 1 aromatic heterocycles. The molecular weight excluding hydrogens is 311 g/mol. The Labute approximate surface area is 119 Å². The Balaban J connectivity index is 2.36. The fourth-order valence-corrected chi connectivity index (χ4v) is 2.10. The number of benzene rings is 1. The van der Waals surface area contributed by atoms with Gasteiger partial charge in [0, 0.05) is 16.6 Å². The van der Waals surface area contributed by atoms with E-state index in [0.29, 0.717) is 16.0 Å². The van der Waals surface area contributed by atoms with Crippen LogP contribution in [0.3, 0.4) is 0 Å².